The summed E-state index contributed by atoms with van der Waals surface area (Å²) in [6, 6.07) is 8.84. The maximum Gasteiger partial charge on any atom is 0.216 e. The Kier molecular flexibility index (Phi) is 5.34. The first-order valence-electron chi connectivity index (χ1n) is 7.24. The van der Waals surface area contributed by atoms with E-state index in [1.54, 1.807) is 24.3 Å². The fourth-order valence-electron chi connectivity index (χ4n) is 2.69. The third-order valence-corrected chi connectivity index (χ3v) is 5.17. The molecule has 0 spiro atoms. The molecule has 1 N–H and O–H groups in total. The third kappa shape index (κ3) is 4.53. The molecular formula is C15H21N3O2S. The molecular weight excluding hydrogens is 286 g/mol. The first kappa shape index (κ1) is 16.0. The lowest BCUT2D eigenvalue weighted by atomic mass is 10.1. The number of hydrogen-bond acceptors (Lipinski definition) is 4. The lowest BCUT2D eigenvalue weighted by Crippen LogP contribution is -2.47. The highest BCUT2D eigenvalue weighted by Crippen LogP contribution is 2.14. The van der Waals surface area contributed by atoms with Crippen LogP contribution in [0.5, 0.6) is 0 Å². The van der Waals surface area contributed by atoms with Gasteiger partial charge in [-0.3, -0.25) is 0 Å². The highest BCUT2D eigenvalue weighted by Gasteiger charge is 2.24. The Balaban J connectivity index is 2.04. The van der Waals surface area contributed by atoms with Gasteiger partial charge in [-0.05, 0) is 37.6 Å². The van der Waals surface area contributed by atoms with Crippen molar-refractivity contribution in [2.75, 3.05) is 19.6 Å². The van der Waals surface area contributed by atoms with Gasteiger partial charge in [0.1, 0.15) is 0 Å². The lowest BCUT2D eigenvalue weighted by molar-refractivity contribution is 0.211. The number of likely N-dealkylation sites (tertiary alicyclic amines) is 1. The summed E-state index contributed by atoms with van der Waals surface area (Å²) in [4.78, 5) is 2.25. The fraction of sp³-hybridized carbons (Fsp3) is 0.533. The molecule has 6 heteroatoms. The van der Waals surface area contributed by atoms with Crippen molar-refractivity contribution in [2.24, 2.45) is 0 Å². The standard InChI is InChI=1S/C15H21N3O2S/c1-2-18-9-5-8-15(11-18)17-21(19,20)12-14-7-4-3-6-13(14)10-16/h3-4,6-7,15,17H,2,5,8-9,11-12H2,1H3. The summed E-state index contributed by atoms with van der Waals surface area (Å²) in [7, 11) is -3.43. The topological polar surface area (TPSA) is 73.2 Å². The van der Waals surface area contributed by atoms with Crippen LogP contribution in [0.25, 0.3) is 0 Å². The first-order chi connectivity index (χ1) is 10.0. The number of benzene rings is 1. The van der Waals surface area contributed by atoms with E-state index in [1.807, 2.05) is 6.07 Å². The van der Waals surface area contributed by atoms with E-state index in [1.165, 1.54) is 0 Å². The Morgan fingerprint density at radius 2 is 2.19 bits per heavy atom. The molecule has 0 radical (unpaired) electrons. The van der Waals surface area contributed by atoms with Gasteiger partial charge in [0.15, 0.2) is 0 Å². The number of nitrogens with zero attached hydrogens (tertiary/aromatic N) is 2. The Morgan fingerprint density at radius 1 is 1.43 bits per heavy atom. The molecule has 1 fully saturated rings. The molecule has 1 aliphatic rings. The van der Waals surface area contributed by atoms with E-state index < -0.39 is 10.0 Å². The molecule has 114 valence electrons. The molecule has 2 rings (SSSR count). The van der Waals surface area contributed by atoms with Gasteiger partial charge >= 0.3 is 0 Å². The summed E-state index contributed by atoms with van der Waals surface area (Å²) < 4.78 is 27.4. The van der Waals surface area contributed by atoms with Gasteiger partial charge in [0, 0.05) is 12.6 Å². The SMILES string of the molecule is CCN1CCCC(NS(=O)(=O)Cc2ccccc2C#N)C1. The Hall–Kier alpha value is -1.42. The van der Waals surface area contributed by atoms with Crippen molar-refractivity contribution in [2.45, 2.75) is 31.6 Å². The molecule has 1 unspecified atom stereocenters. The zero-order valence-corrected chi connectivity index (χ0v) is 13.1. The number of rotatable bonds is 5. The van der Waals surface area contributed by atoms with E-state index in [-0.39, 0.29) is 11.8 Å². The molecule has 5 nitrogen and oxygen atoms in total. The second-order valence-electron chi connectivity index (χ2n) is 5.38. The quantitative estimate of drug-likeness (QED) is 0.894. The summed E-state index contributed by atoms with van der Waals surface area (Å²) in [5.74, 6) is -0.140. The van der Waals surface area contributed by atoms with Crippen molar-refractivity contribution in [1.82, 2.24) is 9.62 Å². The highest BCUT2D eigenvalue weighted by atomic mass is 32.2. The zero-order valence-electron chi connectivity index (χ0n) is 12.2. The molecule has 0 bridgehead atoms. The van der Waals surface area contributed by atoms with Crippen LogP contribution in [0.3, 0.4) is 0 Å². The van der Waals surface area contributed by atoms with Gasteiger partial charge in [-0.25, -0.2) is 13.1 Å². The molecule has 0 saturated carbocycles. The minimum Gasteiger partial charge on any atom is -0.302 e. The molecule has 1 aromatic rings. The molecule has 0 amide bonds. The normalized spacial score (nSPS) is 20.1. The van der Waals surface area contributed by atoms with Crippen molar-refractivity contribution in [3.63, 3.8) is 0 Å². The van der Waals surface area contributed by atoms with Crippen LogP contribution in [-0.4, -0.2) is 39.0 Å². The Morgan fingerprint density at radius 3 is 2.90 bits per heavy atom. The number of nitriles is 1. The van der Waals surface area contributed by atoms with Crippen molar-refractivity contribution in [1.29, 1.82) is 5.26 Å². The molecule has 21 heavy (non-hydrogen) atoms. The molecule has 1 aromatic carbocycles. The van der Waals surface area contributed by atoms with Crippen LogP contribution >= 0.6 is 0 Å². The van der Waals surface area contributed by atoms with Gasteiger partial charge in [-0.2, -0.15) is 5.26 Å². The minimum absolute atomic E-state index is 0.0297. The summed E-state index contributed by atoms with van der Waals surface area (Å²) >= 11 is 0. The van der Waals surface area contributed by atoms with Gasteiger partial charge in [-0.15, -0.1) is 0 Å². The average molecular weight is 307 g/mol. The van der Waals surface area contributed by atoms with Gasteiger partial charge in [0.2, 0.25) is 10.0 Å². The maximum absolute atomic E-state index is 12.3. The maximum atomic E-state index is 12.3. The smallest absolute Gasteiger partial charge is 0.216 e. The highest BCUT2D eigenvalue weighted by molar-refractivity contribution is 7.88. The van der Waals surface area contributed by atoms with E-state index >= 15 is 0 Å². The average Bonchev–Trinajstić information content (AvgIpc) is 2.47. The third-order valence-electron chi connectivity index (χ3n) is 3.78. The summed E-state index contributed by atoms with van der Waals surface area (Å²) in [6.45, 7) is 4.82. The van der Waals surface area contributed by atoms with Crippen LogP contribution in [0.15, 0.2) is 24.3 Å². The first-order valence-corrected chi connectivity index (χ1v) is 8.89. The number of hydrogen-bond donors (Lipinski definition) is 1. The van der Waals surface area contributed by atoms with E-state index in [0.717, 1.165) is 32.5 Å². The van der Waals surface area contributed by atoms with Crippen LogP contribution in [0.2, 0.25) is 0 Å². The summed E-state index contributed by atoms with van der Waals surface area (Å²) in [6.07, 6.45) is 1.88. The van der Waals surface area contributed by atoms with E-state index in [2.05, 4.69) is 16.5 Å². The number of likely N-dealkylation sites (N-methyl/N-ethyl adjacent to an activating group) is 1. The van der Waals surface area contributed by atoms with Crippen LogP contribution in [0.4, 0.5) is 0 Å². The van der Waals surface area contributed by atoms with Gasteiger partial charge < -0.3 is 4.90 Å². The van der Waals surface area contributed by atoms with Gasteiger partial charge in [0.25, 0.3) is 0 Å². The Bertz CT molecular complexity index is 622. The molecule has 0 aromatic heterocycles. The van der Waals surface area contributed by atoms with Crippen molar-refractivity contribution in [3.05, 3.63) is 35.4 Å². The number of nitrogens with one attached hydrogen (secondary N) is 1. The van der Waals surface area contributed by atoms with E-state index in [0.29, 0.717) is 11.1 Å². The minimum atomic E-state index is -3.43. The van der Waals surface area contributed by atoms with Crippen LogP contribution in [-0.2, 0) is 15.8 Å². The lowest BCUT2D eigenvalue weighted by Gasteiger charge is -2.32. The summed E-state index contributed by atoms with van der Waals surface area (Å²) in [5, 5.41) is 9.03. The number of sulfonamides is 1. The summed E-state index contributed by atoms with van der Waals surface area (Å²) in [5.41, 5.74) is 0.970. The van der Waals surface area contributed by atoms with Crippen LogP contribution in [0.1, 0.15) is 30.9 Å². The van der Waals surface area contributed by atoms with Crippen molar-refractivity contribution in [3.8, 4) is 6.07 Å². The van der Waals surface area contributed by atoms with Crippen LogP contribution < -0.4 is 4.72 Å². The predicted molar refractivity (Wildman–Crippen MR) is 82.1 cm³/mol. The second kappa shape index (κ2) is 7.03. The van der Waals surface area contributed by atoms with Gasteiger partial charge in [-0.1, -0.05) is 25.1 Å². The van der Waals surface area contributed by atoms with Gasteiger partial charge in [0.05, 0.1) is 17.4 Å². The van der Waals surface area contributed by atoms with Crippen LogP contribution in [0, 0.1) is 11.3 Å². The second-order valence-corrected chi connectivity index (χ2v) is 7.13. The number of piperidine rings is 1. The molecule has 1 heterocycles. The predicted octanol–water partition coefficient (Wildman–Crippen LogP) is 1.46. The molecule has 1 saturated heterocycles. The van der Waals surface area contributed by atoms with E-state index in [9.17, 15) is 8.42 Å². The fourth-order valence-corrected chi connectivity index (χ4v) is 4.14. The van der Waals surface area contributed by atoms with E-state index in [4.69, 9.17) is 5.26 Å². The Labute approximate surface area is 126 Å². The largest absolute Gasteiger partial charge is 0.302 e. The molecule has 1 aliphatic heterocycles. The zero-order chi connectivity index (χ0) is 15.3. The van der Waals surface area contributed by atoms with Crippen molar-refractivity contribution < 1.29 is 8.42 Å². The molecule has 0 aliphatic carbocycles. The monoisotopic (exact) mass is 307 g/mol. The van der Waals surface area contributed by atoms with Crippen molar-refractivity contribution >= 4 is 10.0 Å². The molecule has 1 atom stereocenters.